The van der Waals surface area contributed by atoms with Gasteiger partial charge in [-0.05, 0) is 37.3 Å². The van der Waals surface area contributed by atoms with Crippen LogP contribution in [0.1, 0.15) is 42.5 Å². The van der Waals surface area contributed by atoms with Crippen molar-refractivity contribution in [1.29, 1.82) is 0 Å². The Labute approximate surface area is 185 Å². The lowest BCUT2D eigenvalue weighted by atomic mass is 9.84. The Kier molecular flexibility index (Phi) is 6.67. The minimum Gasteiger partial charge on any atom is -0.338 e. The molecule has 0 N–H and O–H groups in total. The summed E-state index contributed by atoms with van der Waals surface area (Å²) in [4.78, 5) is 32.8. The Bertz CT molecular complexity index is 897. The lowest BCUT2D eigenvalue weighted by Crippen LogP contribution is -2.55. The van der Waals surface area contributed by atoms with Gasteiger partial charge in [0.15, 0.2) is 0 Å². The molecule has 2 saturated heterocycles. The zero-order chi connectivity index (χ0) is 22.0. The number of rotatable bonds is 5. The highest BCUT2D eigenvalue weighted by Gasteiger charge is 2.48. The third-order valence-corrected chi connectivity index (χ3v) is 8.01. The van der Waals surface area contributed by atoms with E-state index in [2.05, 4.69) is 4.90 Å². The third-order valence-electron chi connectivity index (χ3n) is 7.09. The van der Waals surface area contributed by atoms with Gasteiger partial charge in [0.1, 0.15) is 15.9 Å². The van der Waals surface area contributed by atoms with E-state index < -0.39 is 9.84 Å². The van der Waals surface area contributed by atoms with Gasteiger partial charge in [0.05, 0.1) is 5.75 Å². The summed E-state index contributed by atoms with van der Waals surface area (Å²) in [5.41, 5.74) is 0.650. The summed E-state index contributed by atoms with van der Waals surface area (Å²) in [6.07, 6.45) is 6.37. The molecule has 31 heavy (non-hydrogen) atoms. The molecule has 4 rings (SSSR count). The fraction of sp³-hybridized carbons (Fsp3) is 0.652. The number of sulfone groups is 1. The number of hydrogen-bond donors (Lipinski definition) is 0. The van der Waals surface area contributed by atoms with E-state index >= 15 is 0 Å². The van der Waals surface area contributed by atoms with Gasteiger partial charge in [-0.2, -0.15) is 0 Å². The molecule has 0 radical (unpaired) electrons. The second-order valence-corrected chi connectivity index (χ2v) is 11.5. The molecule has 170 valence electrons. The molecule has 0 spiro atoms. The summed E-state index contributed by atoms with van der Waals surface area (Å²) in [7, 11) is -2.99. The summed E-state index contributed by atoms with van der Waals surface area (Å²) in [5.74, 6) is 0.583. The number of carbonyl (C=O) groups is 2. The van der Waals surface area contributed by atoms with Gasteiger partial charge in [0, 0.05) is 50.6 Å². The smallest absolute Gasteiger partial charge is 0.254 e. The maximum atomic E-state index is 13.5. The van der Waals surface area contributed by atoms with Crippen LogP contribution in [0.25, 0.3) is 0 Å². The monoisotopic (exact) mass is 447 g/mol. The molecule has 2 aliphatic heterocycles. The average Bonchev–Trinajstić information content (AvgIpc) is 3.17. The van der Waals surface area contributed by atoms with Crippen molar-refractivity contribution in [2.75, 3.05) is 44.7 Å². The average molecular weight is 448 g/mol. The van der Waals surface area contributed by atoms with Crippen molar-refractivity contribution in [2.24, 2.45) is 5.92 Å². The molecule has 0 aromatic heterocycles. The van der Waals surface area contributed by atoms with Crippen LogP contribution >= 0.6 is 0 Å². The minimum absolute atomic E-state index is 0.0276. The van der Waals surface area contributed by atoms with Crippen molar-refractivity contribution in [3.8, 4) is 0 Å². The minimum atomic E-state index is -2.99. The van der Waals surface area contributed by atoms with E-state index in [-0.39, 0.29) is 29.7 Å². The van der Waals surface area contributed by atoms with E-state index in [0.29, 0.717) is 44.2 Å². The Morgan fingerprint density at radius 2 is 1.68 bits per heavy atom. The topological polar surface area (TPSA) is 78.0 Å². The Morgan fingerprint density at radius 3 is 2.35 bits per heavy atom. The van der Waals surface area contributed by atoms with E-state index in [1.807, 2.05) is 40.1 Å². The number of benzene rings is 1. The highest BCUT2D eigenvalue weighted by atomic mass is 32.2. The fourth-order valence-electron chi connectivity index (χ4n) is 5.40. The number of carbonyl (C=O) groups excluding carboxylic acids is 2. The zero-order valence-electron chi connectivity index (χ0n) is 18.3. The summed E-state index contributed by atoms with van der Waals surface area (Å²) in [5, 5.41) is 0. The molecule has 1 aromatic rings. The molecular weight excluding hydrogens is 414 g/mol. The summed E-state index contributed by atoms with van der Waals surface area (Å²) in [6, 6.07) is 9.08. The molecule has 1 saturated carbocycles. The van der Waals surface area contributed by atoms with E-state index in [4.69, 9.17) is 0 Å². The van der Waals surface area contributed by atoms with Crippen LogP contribution in [0.3, 0.4) is 0 Å². The van der Waals surface area contributed by atoms with Crippen molar-refractivity contribution in [3.05, 3.63) is 35.9 Å². The first-order valence-electron chi connectivity index (χ1n) is 11.4. The number of nitrogens with zero attached hydrogens (tertiary/aromatic N) is 3. The first kappa shape index (κ1) is 22.3. The summed E-state index contributed by atoms with van der Waals surface area (Å²) >= 11 is 0. The molecule has 1 aliphatic carbocycles. The van der Waals surface area contributed by atoms with Crippen LogP contribution in [0.4, 0.5) is 0 Å². The zero-order valence-corrected chi connectivity index (χ0v) is 19.1. The first-order chi connectivity index (χ1) is 14.8. The van der Waals surface area contributed by atoms with Gasteiger partial charge < -0.3 is 9.80 Å². The van der Waals surface area contributed by atoms with E-state index in [1.54, 1.807) is 0 Å². The lowest BCUT2D eigenvalue weighted by Gasteiger charge is -2.38. The number of hydrogen-bond acceptors (Lipinski definition) is 5. The van der Waals surface area contributed by atoms with E-state index in [9.17, 15) is 18.0 Å². The molecule has 0 bridgehead atoms. The van der Waals surface area contributed by atoms with Crippen LogP contribution in [0.5, 0.6) is 0 Å². The van der Waals surface area contributed by atoms with Gasteiger partial charge in [0.25, 0.3) is 5.91 Å². The fourth-order valence-corrected chi connectivity index (χ4v) is 5.99. The van der Waals surface area contributed by atoms with Gasteiger partial charge in [-0.3, -0.25) is 14.5 Å². The van der Waals surface area contributed by atoms with E-state index in [0.717, 1.165) is 25.7 Å². The van der Waals surface area contributed by atoms with Crippen LogP contribution in [-0.2, 0) is 14.6 Å². The molecule has 2 amide bonds. The largest absolute Gasteiger partial charge is 0.338 e. The van der Waals surface area contributed by atoms with Crippen LogP contribution in [-0.4, -0.2) is 91.7 Å². The Hall–Kier alpha value is -1.93. The van der Waals surface area contributed by atoms with Crippen molar-refractivity contribution in [3.63, 3.8) is 0 Å². The molecular formula is C23H33N3O4S. The Morgan fingerprint density at radius 1 is 1.00 bits per heavy atom. The number of piperazine rings is 1. The SMILES string of the molecule is CS(=O)(=O)CCN1CCN(C(=O)C2CC3CCCCC3N2C(=O)c2ccccc2)CC1. The summed E-state index contributed by atoms with van der Waals surface area (Å²) in [6.45, 7) is 3.03. The standard InChI is InChI=1S/C23H33N3O4S/c1-31(29,30)16-15-24-11-13-25(14-12-24)23(28)21-17-19-9-5-6-10-20(19)26(21)22(27)18-7-3-2-4-8-18/h2-4,7-8,19-21H,5-6,9-17H2,1H3. The Balaban J connectivity index is 1.45. The van der Waals surface area contributed by atoms with E-state index in [1.165, 1.54) is 12.7 Å². The normalized spacial score (nSPS) is 27.2. The maximum absolute atomic E-state index is 13.5. The molecule has 7 nitrogen and oxygen atoms in total. The molecule has 3 atom stereocenters. The second-order valence-electron chi connectivity index (χ2n) is 9.24. The highest BCUT2D eigenvalue weighted by molar-refractivity contribution is 7.90. The van der Waals surface area contributed by atoms with Gasteiger partial charge in [0.2, 0.25) is 5.91 Å². The molecule has 2 heterocycles. The van der Waals surface area contributed by atoms with Crippen LogP contribution in [0.15, 0.2) is 30.3 Å². The van der Waals surface area contributed by atoms with Crippen molar-refractivity contribution < 1.29 is 18.0 Å². The van der Waals surface area contributed by atoms with Crippen molar-refractivity contribution in [2.45, 2.75) is 44.2 Å². The number of fused-ring (bicyclic) bond motifs is 1. The molecule has 3 fully saturated rings. The molecule has 8 heteroatoms. The summed E-state index contributed by atoms with van der Waals surface area (Å²) < 4.78 is 22.9. The maximum Gasteiger partial charge on any atom is 0.254 e. The number of likely N-dealkylation sites (tertiary alicyclic amines) is 1. The number of amides is 2. The quantitative estimate of drug-likeness (QED) is 0.686. The van der Waals surface area contributed by atoms with Crippen LogP contribution in [0.2, 0.25) is 0 Å². The van der Waals surface area contributed by atoms with Crippen LogP contribution < -0.4 is 0 Å². The first-order valence-corrected chi connectivity index (χ1v) is 13.5. The van der Waals surface area contributed by atoms with Crippen molar-refractivity contribution in [1.82, 2.24) is 14.7 Å². The molecule has 1 aromatic carbocycles. The van der Waals surface area contributed by atoms with Crippen LogP contribution in [0, 0.1) is 5.92 Å². The van der Waals surface area contributed by atoms with Crippen molar-refractivity contribution >= 4 is 21.7 Å². The predicted molar refractivity (Wildman–Crippen MR) is 119 cm³/mol. The van der Waals surface area contributed by atoms with Gasteiger partial charge in [-0.1, -0.05) is 31.0 Å². The lowest BCUT2D eigenvalue weighted by molar-refractivity contribution is -0.137. The highest BCUT2D eigenvalue weighted by Crippen LogP contribution is 2.41. The molecule has 3 unspecified atom stereocenters. The molecule has 3 aliphatic rings. The second kappa shape index (κ2) is 9.28. The van der Waals surface area contributed by atoms with Gasteiger partial charge >= 0.3 is 0 Å². The predicted octanol–water partition coefficient (Wildman–Crippen LogP) is 1.65. The van der Waals surface area contributed by atoms with Gasteiger partial charge in [-0.15, -0.1) is 0 Å². The van der Waals surface area contributed by atoms with Gasteiger partial charge in [-0.25, -0.2) is 8.42 Å². The third kappa shape index (κ3) is 5.12.